The number of hydrogen-bond acceptors (Lipinski definition) is 4. The minimum absolute atomic E-state index is 0. The molecule has 2 aromatic carbocycles. The van der Waals surface area contributed by atoms with Crippen molar-refractivity contribution in [3.05, 3.63) is 51.3 Å². The van der Waals surface area contributed by atoms with Crippen LogP contribution < -0.4 is 14.4 Å². The van der Waals surface area contributed by atoms with Gasteiger partial charge in [-0.2, -0.15) is 0 Å². The van der Waals surface area contributed by atoms with E-state index in [4.69, 9.17) is 32.7 Å². The van der Waals surface area contributed by atoms with Gasteiger partial charge in [-0.3, -0.25) is 9.69 Å². The molecule has 0 atom stereocenters. The molecule has 32 heavy (non-hydrogen) atoms. The van der Waals surface area contributed by atoms with Gasteiger partial charge < -0.3 is 14.4 Å². The van der Waals surface area contributed by atoms with Gasteiger partial charge in [0.05, 0.1) is 29.3 Å². The highest BCUT2D eigenvalue weighted by molar-refractivity contribution is 6.38. The fourth-order valence-corrected chi connectivity index (χ4v) is 4.70. The van der Waals surface area contributed by atoms with Crippen LogP contribution in [-0.4, -0.2) is 44.2 Å². The zero-order valence-electron chi connectivity index (χ0n) is 18.0. The number of benzene rings is 2. The van der Waals surface area contributed by atoms with Gasteiger partial charge in [-0.1, -0.05) is 30.1 Å². The molecule has 1 fully saturated rings. The van der Waals surface area contributed by atoms with Crippen molar-refractivity contribution in [1.82, 2.24) is 4.90 Å². The number of hydrogen-bond donors (Lipinski definition) is 0. The summed E-state index contributed by atoms with van der Waals surface area (Å²) in [5, 5.41) is 0.0546. The monoisotopic (exact) mass is 502 g/mol. The minimum Gasteiger partial charge on any atom is -0.493 e. The summed E-state index contributed by atoms with van der Waals surface area (Å²) in [6.45, 7) is 5.84. The Morgan fingerprint density at radius 3 is 2.53 bits per heavy atom. The van der Waals surface area contributed by atoms with Crippen LogP contribution in [0.4, 0.5) is 10.1 Å². The highest BCUT2D eigenvalue weighted by atomic mass is 35.5. The highest BCUT2D eigenvalue weighted by Crippen LogP contribution is 2.39. The third-order valence-electron chi connectivity index (χ3n) is 6.04. The zero-order chi connectivity index (χ0) is 22.1. The van der Waals surface area contributed by atoms with Crippen molar-refractivity contribution < 1.29 is 18.7 Å². The third kappa shape index (κ3) is 4.93. The molecule has 2 aliphatic heterocycles. The van der Waals surface area contributed by atoms with E-state index >= 15 is 0 Å². The fraction of sp³-hybridized carbons (Fsp3) is 0.435. The van der Waals surface area contributed by atoms with Gasteiger partial charge in [-0.25, -0.2) is 4.39 Å². The molecule has 174 valence electrons. The Hall–Kier alpha value is -1.73. The van der Waals surface area contributed by atoms with Crippen molar-refractivity contribution in [1.29, 1.82) is 0 Å². The summed E-state index contributed by atoms with van der Waals surface area (Å²) < 4.78 is 25.9. The number of amides is 1. The van der Waals surface area contributed by atoms with Crippen molar-refractivity contribution >= 4 is 47.2 Å². The molecule has 0 spiro atoms. The van der Waals surface area contributed by atoms with E-state index in [0.29, 0.717) is 23.8 Å². The summed E-state index contributed by atoms with van der Waals surface area (Å²) in [7, 11) is 1.57. The van der Waals surface area contributed by atoms with Crippen molar-refractivity contribution in [3.8, 4) is 11.5 Å². The summed E-state index contributed by atoms with van der Waals surface area (Å²) >= 11 is 12.1. The van der Waals surface area contributed by atoms with Gasteiger partial charge in [-0.15, -0.1) is 12.4 Å². The molecule has 4 rings (SSSR count). The van der Waals surface area contributed by atoms with Gasteiger partial charge in [0.1, 0.15) is 12.4 Å². The second-order valence-corrected chi connectivity index (χ2v) is 8.92. The topological polar surface area (TPSA) is 42.0 Å². The number of rotatable bonds is 6. The van der Waals surface area contributed by atoms with Gasteiger partial charge in [-0.05, 0) is 50.0 Å². The van der Waals surface area contributed by atoms with E-state index in [0.717, 1.165) is 25.6 Å². The number of piperidine rings is 1. The summed E-state index contributed by atoms with van der Waals surface area (Å²) in [4.78, 5) is 16.8. The predicted octanol–water partition coefficient (Wildman–Crippen LogP) is 5.83. The van der Waals surface area contributed by atoms with Crippen LogP contribution >= 0.6 is 35.6 Å². The van der Waals surface area contributed by atoms with E-state index in [2.05, 4.69) is 11.8 Å². The number of ether oxygens (including phenoxy) is 2. The van der Waals surface area contributed by atoms with Crippen LogP contribution in [0.5, 0.6) is 11.5 Å². The standard InChI is InChI=1S/C23H25Cl2FN2O3.ClH/c1-14-5-7-27(8-6-14)9-10-31-20-11-15(3-4-19(20)30-2)28-13-16-21(23(28)29)17(24)12-18(25)22(16)26;/h3-4,11-12,14H,5-10,13H2,1-2H3;1H. The normalized spacial score (nSPS) is 16.7. The second-order valence-electron chi connectivity index (χ2n) is 8.11. The first-order valence-corrected chi connectivity index (χ1v) is 11.2. The Kier molecular flexibility index (Phi) is 8.15. The Balaban J connectivity index is 0.00000289. The zero-order valence-corrected chi connectivity index (χ0v) is 20.3. The van der Waals surface area contributed by atoms with E-state index in [-0.39, 0.29) is 46.0 Å². The number of nitrogens with zero attached hydrogens (tertiary/aromatic N) is 2. The van der Waals surface area contributed by atoms with Crippen molar-refractivity contribution in [2.24, 2.45) is 5.92 Å². The van der Waals surface area contributed by atoms with E-state index in [1.165, 1.54) is 23.8 Å². The first kappa shape index (κ1) is 24.9. The fourth-order valence-electron chi connectivity index (χ4n) is 4.11. The number of likely N-dealkylation sites (tertiary alicyclic amines) is 1. The van der Waals surface area contributed by atoms with Gasteiger partial charge in [0, 0.05) is 23.9 Å². The van der Waals surface area contributed by atoms with E-state index < -0.39 is 5.82 Å². The molecule has 2 aromatic rings. The van der Waals surface area contributed by atoms with Gasteiger partial charge in [0.2, 0.25) is 0 Å². The molecule has 9 heteroatoms. The average molecular weight is 504 g/mol. The van der Waals surface area contributed by atoms with Crippen LogP contribution in [0.25, 0.3) is 0 Å². The van der Waals surface area contributed by atoms with Crippen molar-refractivity contribution in [2.75, 3.05) is 38.3 Å². The van der Waals surface area contributed by atoms with E-state index in [1.54, 1.807) is 25.3 Å². The Morgan fingerprint density at radius 2 is 1.84 bits per heavy atom. The Morgan fingerprint density at radius 1 is 1.12 bits per heavy atom. The molecule has 0 aromatic heterocycles. The van der Waals surface area contributed by atoms with E-state index in [1.807, 2.05) is 0 Å². The lowest BCUT2D eigenvalue weighted by molar-refractivity contribution is 0.0996. The lowest BCUT2D eigenvalue weighted by Crippen LogP contribution is -2.35. The molecular formula is C23H26Cl3FN2O3. The van der Waals surface area contributed by atoms with Crippen molar-refractivity contribution in [3.63, 3.8) is 0 Å². The number of carbonyl (C=O) groups excluding carboxylic acids is 1. The predicted molar refractivity (Wildman–Crippen MR) is 128 cm³/mol. The summed E-state index contributed by atoms with van der Waals surface area (Å²) in [6, 6.07) is 6.50. The van der Waals surface area contributed by atoms with Gasteiger partial charge in [0.25, 0.3) is 5.91 Å². The minimum atomic E-state index is -0.613. The van der Waals surface area contributed by atoms with E-state index in [9.17, 15) is 9.18 Å². The largest absolute Gasteiger partial charge is 0.493 e. The molecule has 0 radical (unpaired) electrons. The van der Waals surface area contributed by atoms with Crippen LogP contribution in [0.1, 0.15) is 35.7 Å². The average Bonchev–Trinajstić information content (AvgIpc) is 3.11. The van der Waals surface area contributed by atoms with Gasteiger partial charge >= 0.3 is 0 Å². The van der Waals surface area contributed by atoms with Crippen LogP contribution in [0, 0.1) is 11.7 Å². The molecule has 1 saturated heterocycles. The molecule has 5 nitrogen and oxygen atoms in total. The second kappa shape index (κ2) is 10.5. The molecule has 0 N–H and O–H groups in total. The molecule has 2 aliphatic rings. The van der Waals surface area contributed by atoms with Crippen LogP contribution in [0.15, 0.2) is 24.3 Å². The number of carbonyl (C=O) groups is 1. The maximum Gasteiger partial charge on any atom is 0.260 e. The highest BCUT2D eigenvalue weighted by Gasteiger charge is 2.34. The lowest BCUT2D eigenvalue weighted by atomic mass is 9.99. The third-order valence-corrected chi connectivity index (χ3v) is 6.62. The number of halogens is 4. The Bertz CT molecular complexity index is 997. The SMILES string of the molecule is COc1ccc(N2Cc3c(F)c(Cl)cc(Cl)c3C2=O)cc1OCCN1CCC(C)CC1.Cl. The number of fused-ring (bicyclic) bond motifs is 1. The maximum atomic E-state index is 14.5. The molecular weight excluding hydrogens is 478 g/mol. The van der Waals surface area contributed by atoms with Crippen LogP contribution in [0.3, 0.4) is 0 Å². The smallest absolute Gasteiger partial charge is 0.260 e. The summed E-state index contributed by atoms with van der Waals surface area (Å²) in [5.41, 5.74) is 0.941. The maximum absolute atomic E-state index is 14.5. The summed E-state index contributed by atoms with van der Waals surface area (Å²) in [5.74, 6) is 0.919. The molecule has 1 amide bonds. The molecule has 0 saturated carbocycles. The van der Waals surface area contributed by atoms with Crippen LogP contribution in [-0.2, 0) is 6.54 Å². The summed E-state index contributed by atoms with van der Waals surface area (Å²) in [6.07, 6.45) is 2.42. The van der Waals surface area contributed by atoms with Crippen LogP contribution in [0.2, 0.25) is 10.0 Å². The number of methoxy groups -OCH3 is 1. The molecule has 0 bridgehead atoms. The van der Waals surface area contributed by atoms with Gasteiger partial charge in [0.15, 0.2) is 11.5 Å². The quantitative estimate of drug-likeness (QED) is 0.465. The first-order chi connectivity index (χ1) is 14.9. The number of anilines is 1. The van der Waals surface area contributed by atoms with Crippen molar-refractivity contribution in [2.45, 2.75) is 26.3 Å². The lowest BCUT2D eigenvalue weighted by Gasteiger charge is -2.30. The molecule has 0 aliphatic carbocycles. The molecule has 2 heterocycles. The first-order valence-electron chi connectivity index (χ1n) is 10.4. The Labute approximate surface area is 203 Å². The molecule has 0 unspecified atom stereocenters.